The van der Waals surface area contributed by atoms with Gasteiger partial charge in [0.2, 0.25) is 5.91 Å². The van der Waals surface area contributed by atoms with Gasteiger partial charge in [-0.3, -0.25) is 4.79 Å². The number of ether oxygens (including phenoxy) is 1. The Hall–Kier alpha value is -3.09. The van der Waals surface area contributed by atoms with Gasteiger partial charge in [0, 0.05) is 16.3 Å². The summed E-state index contributed by atoms with van der Waals surface area (Å²) in [5.41, 5.74) is -2.58. The molecule has 13 heteroatoms. The van der Waals surface area contributed by atoms with E-state index >= 15 is 0 Å². The molecule has 3 N–H and O–H groups in total. The SMILES string of the molecule is C[C@H](NC(=O)OC(C)(C)C)C(=O)NCc1cc(-n2nc(C(F)(F)F)cc2C(=O)O)cs1. The molecule has 0 fully saturated rings. The van der Waals surface area contributed by atoms with Gasteiger partial charge in [0.05, 0.1) is 12.2 Å². The van der Waals surface area contributed by atoms with Crippen molar-refractivity contribution in [1.29, 1.82) is 0 Å². The van der Waals surface area contributed by atoms with Crippen molar-refractivity contribution in [3.8, 4) is 5.69 Å². The summed E-state index contributed by atoms with van der Waals surface area (Å²) < 4.78 is 44.4. The van der Waals surface area contributed by atoms with Gasteiger partial charge in [0.15, 0.2) is 11.4 Å². The maximum atomic E-state index is 12.9. The molecule has 2 amide bonds. The summed E-state index contributed by atoms with van der Waals surface area (Å²) in [5, 5.41) is 18.9. The summed E-state index contributed by atoms with van der Waals surface area (Å²) >= 11 is 1.10. The molecule has 0 saturated carbocycles. The number of aromatic nitrogens is 2. The maximum Gasteiger partial charge on any atom is 0.435 e. The Labute approximate surface area is 179 Å². The molecule has 0 aliphatic rings. The van der Waals surface area contributed by atoms with E-state index < -0.39 is 47.2 Å². The van der Waals surface area contributed by atoms with Crippen molar-refractivity contribution in [3.05, 3.63) is 33.8 Å². The van der Waals surface area contributed by atoms with Crippen LogP contribution in [-0.2, 0) is 22.3 Å². The molecule has 0 aliphatic carbocycles. The molecular formula is C18H21F3N4O5S. The zero-order valence-electron chi connectivity index (χ0n) is 17.0. The van der Waals surface area contributed by atoms with Crippen LogP contribution in [0.1, 0.15) is 48.8 Å². The highest BCUT2D eigenvalue weighted by Crippen LogP contribution is 2.30. The Balaban J connectivity index is 2.04. The maximum absolute atomic E-state index is 12.9. The lowest BCUT2D eigenvalue weighted by Gasteiger charge is -2.21. The first-order chi connectivity index (χ1) is 14.2. The number of nitrogens with zero attached hydrogens (tertiary/aromatic N) is 2. The molecule has 2 aromatic rings. The van der Waals surface area contributed by atoms with Crippen molar-refractivity contribution in [3.63, 3.8) is 0 Å². The molecule has 0 radical (unpaired) electrons. The average molecular weight is 462 g/mol. The normalized spacial score (nSPS) is 12.9. The molecule has 0 spiro atoms. The van der Waals surface area contributed by atoms with Gasteiger partial charge in [-0.25, -0.2) is 14.3 Å². The molecule has 0 aliphatic heterocycles. The number of aromatic carboxylic acids is 1. The van der Waals surface area contributed by atoms with E-state index in [9.17, 15) is 27.6 Å². The number of carboxylic acids is 1. The van der Waals surface area contributed by atoms with Crippen LogP contribution in [0.3, 0.4) is 0 Å². The Morgan fingerprint density at radius 2 is 1.90 bits per heavy atom. The van der Waals surface area contributed by atoms with E-state index in [2.05, 4.69) is 15.7 Å². The zero-order valence-corrected chi connectivity index (χ0v) is 17.8. The second kappa shape index (κ2) is 8.96. The number of thiophene rings is 1. The van der Waals surface area contributed by atoms with Crippen LogP contribution in [0, 0.1) is 0 Å². The van der Waals surface area contributed by atoms with Gasteiger partial charge in [-0.1, -0.05) is 0 Å². The second-order valence-electron chi connectivity index (χ2n) is 7.49. The summed E-state index contributed by atoms with van der Waals surface area (Å²) in [5.74, 6) is -2.07. The van der Waals surface area contributed by atoms with Crippen LogP contribution >= 0.6 is 11.3 Å². The van der Waals surface area contributed by atoms with E-state index in [-0.39, 0.29) is 12.2 Å². The zero-order chi connectivity index (χ0) is 23.6. The highest BCUT2D eigenvalue weighted by molar-refractivity contribution is 7.10. The van der Waals surface area contributed by atoms with E-state index in [1.807, 2.05) is 0 Å². The predicted octanol–water partition coefficient (Wildman–Crippen LogP) is 3.18. The topological polar surface area (TPSA) is 123 Å². The first-order valence-corrected chi connectivity index (χ1v) is 9.81. The Morgan fingerprint density at radius 3 is 2.45 bits per heavy atom. The van der Waals surface area contributed by atoms with Gasteiger partial charge in [0.1, 0.15) is 11.6 Å². The third-order valence-corrected chi connectivity index (χ3v) is 4.59. The molecule has 31 heavy (non-hydrogen) atoms. The summed E-state index contributed by atoms with van der Waals surface area (Å²) in [6, 6.07) is 0.968. The second-order valence-corrected chi connectivity index (χ2v) is 8.48. The molecule has 0 aromatic carbocycles. The Morgan fingerprint density at radius 1 is 1.26 bits per heavy atom. The molecule has 2 aromatic heterocycles. The lowest BCUT2D eigenvalue weighted by molar-refractivity contribution is -0.141. The van der Waals surface area contributed by atoms with Gasteiger partial charge in [-0.2, -0.15) is 18.3 Å². The molecule has 0 unspecified atom stereocenters. The van der Waals surface area contributed by atoms with E-state index in [0.29, 0.717) is 15.6 Å². The number of alkyl carbamates (subject to hydrolysis) is 1. The first kappa shape index (κ1) is 24.2. The van der Waals surface area contributed by atoms with Crippen molar-refractivity contribution in [1.82, 2.24) is 20.4 Å². The van der Waals surface area contributed by atoms with E-state index in [1.165, 1.54) is 18.4 Å². The summed E-state index contributed by atoms with van der Waals surface area (Å²) in [6.45, 7) is 6.51. The minimum absolute atomic E-state index is 0.0135. The fourth-order valence-corrected chi connectivity index (χ4v) is 3.10. The van der Waals surface area contributed by atoms with Crippen LogP contribution in [0.5, 0.6) is 0 Å². The number of alkyl halides is 3. The lowest BCUT2D eigenvalue weighted by atomic mass is 10.2. The van der Waals surface area contributed by atoms with Gasteiger partial charge >= 0.3 is 18.2 Å². The molecule has 1 atom stereocenters. The monoisotopic (exact) mass is 462 g/mol. The molecule has 0 bridgehead atoms. The first-order valence-electron chi connectivity index (χ1n) is 8.93. The number of carboxylic acid groups (broad SMARTS) is 1. The van der Waals surface area contributed by atoms with Gasteiger partial charge < -0.3 is 20.5 Å². The molecule has 2 heterocycles. The van der Waals surface area contributed by atoms with Crippen LogP contribution in [0.25, 0.3) is 5.69 Å². The number of amides is 2. The van der Waals surface area contributed by atoms with Crippen molar-refractivity contribution in [2.45, 2.75) is 52.1 Å². The van der Waals surface area contributed by atoms with E-state index in [1.54, 1.807) is 20.8 Å². The summed E-state index contributed by atoms with van der Waals surface area (Å²) in [7, 11) is 0. The Kier molecular flexibility index (Phi) is 6.99. The van der Waals surface area contributed by atoms with Crippen LogP contribution in [-0.4, -0.2) is 44.5 Å². The van der Waals surface area contributed by atoms with Gasteiger partial charge in [-0.05, 0) is 33.8 Å². The highest BCUT2D eigenvalue weighted by Gasteiger charge is 2.36. The lowest BCUT2D eigenvalue weighted by Crippen LogP contribution is -2.46. The molecular weight excluding hydrogens is 441 g/mol. The summed E-state index contributed by atoms with van der Waals surface area (Å²) in [4.78, 5) is 35.7. The third kappa shape index (κ3) is 6.70. The highest BCUT2D eigenvalue weighted by atomic mass is 32.1. The number of hydrogen-bond donors (Lipinski definition) is 3. The van der Waals surface area contributed by atoms with Crippen LogP contribution in [0.4, 0.5) is 18.0 Å². The quantitative estimate of drug-likeness (QED) is 0.606. The average Bonchev–Trinajstić information content (AvgIpc) is 3.24. The molecule has 2 rings (SSSR count). The Bertz CT molecular complexity index is 978. The standard InChI is InChI=1S/C18H21F3N4O5S/c1-9(23-16(29)30-17(2,3)4)14(26)22-7-11-5-10(8-31-11)25-12(15(27)28)6-13(24-25)18(19,20)21/h5-6,8-9H,7H2,1-4H3,(H,22,26)(H,23,29)(H,27,28)/t9-/m0/s1. The number of rotatable bonds is 6. The number of hydrogen-bond acceptors (Lipinski definition) is 6. The smallest absolute Gasteiger partial charge is 0.435 e. The van der Waals surface area contributed by atoms with Crippen LogP contribution in [0.2, 0.25) is 0 Å². The number of carbonyl (C=O) groups excluding carboxylic acids is 2. The third-order valence-electron chi connectivity index (χ3n) is 3.67. The van der Waals surface area contributed by atoms with Gasteiger partial charge in [-0.15, -0.1) is 11.3 Å². The largest absolute Gasteiger partial charge is 0.477 e. The van der Waals surface area contributed by atoms with Crippen molar-refractivity contribution >= 4 is 29.3 Å². The van der Waals surface area contributed by atoms with Crippen LogP contribution < -0.4 is 10.6 Å². The number of halogens is 3. The fourth-order valence-electron chi connectivity index (χ4n) is 2.32. The fraction of sp³-hybridized carbons (Fsp3) is 0.444. The minimum Gasteiger partial charge on any atom is -0.477 e. The molecule has 0 saturated heterocycles. The number of carbonyl (C=O) groups is 3. The van der Waals surface area contributed by atoms with Crippen molar-refractivity contribution in [2.75, 3.05) is 0 Å². The number of nitrogens with one attached hydrogen (secondary N) is 2. The van der Waals surface area contributed by atoms with Crippen molar-refractivity contribution < 1.29 is 37.4 Å². The van der Waals surface area contributed by atoms with Crippen molar-refractivity contribution in [2.24, 2.45) is 0 Å². The predicted molar refractivity (Wildman–Crippen MR) is 104 cm³/mol. The summed E-state index contributed by atoms with van der Waals surface area (Å²) in [6.07, 6.45) is -5.55. The molecule has 170 valence electrons. The van der Waals surface area contributed by atoms with Gasteiger partial charge in [0.25, 0.3) is 0 Å². The molecule has 9 nitrogen and oxygen atoms in total. The van der Waals surface area contributed by atoms with E-state index in [4.69, 9.17) is 9.84 Å². The minimum atomic E-state index is -4.79. The van der Waals surface area contributed by atoms with Crippen LogP contribution in [0.15, 0.2) is 17.5 Å². The van der Waals surface area contributed by atoms with E-state index in [0.717, 1.165) is 11.3 Å².